The topological polar surface area (TPSA) is 78.5 Å². The van der Waals surface area contributed by atoms with Gasteiger partial charge in [-0.05, 0) is 30.7 Å². The van der Waals surface area contributed by atoms with Crippen LogP contribution >= 0.6 is 11.6 Å². The molecule has 1 aliphatic rings. The summed E-state index contributed by atoms with van der Waals surface area (Å²) in [6.45, 7) is 4.59. The van der Waals surface area contributed by atoms with Gasteiger partial charge in [0.2, 0.25) is 0 Å². The molecule has 1 N–H and O–H groups in total. The van der Waals surface area contributed by atoms with Gasteiger partial charge in [0.05, 0.1) is 13.2 Å². The van der Waals surface area contributed by atoms with E-state index in [1.807, 2.05) is 12.1 Å². The molecule has 0 unspecified atom stereocenters. The Hall–Kier alpha value is -2.75. The standard InChI is InChI=1S/C19H18ClN3O3/c1-13-16(20)3-2-4-17(13)22-19(24)14(12-21)11-15-5-6-18(26-15)23-7-9-25-10-8-23/h2-6,11H,7-10H2,1H3,(H,22,24). The van der Waals surface area contributed by atoms with Gasteiger partial charge in [-0.25, -0.2) is 0 Å². The van der Waals surface area contributed by atoms with E-state index < -0.39 is 5.91 Å². The number of nitrogens with one attached hydrogen (secondary N) is 1. The smallest absolute Gasteiger partial charge is 0.266 e. The number of carbonyl (C=O) groups excluding carboxylic acids is 1. The summed E-state index contributed by atoms with van der Waals surface area (Å²) in [5.74, 6) is 0.631. The number of amides is 1. The SMILES string of the molecule is Cc1c(Cl)cccc1NC(=O)C(C#N)=Cc1ccc(N2CCOCC2)o1. The van der Waals surface area contributed by atoms with Gasteiger partial charge < -0.3 is 19.4 Å². The van der Waals surface area contributed by atoms with Crippen molar-refractivity contribution in [3.63, 3.8) is 0 Å². The van der Waals surface area contributed by atoms with E-state index in [9.17, 15) is 10.1 Å². The average Bonchev–Trinajstić information content (AvgIpc) is 3.13. The molecule has 0 saturated carbocycles. The molecule has 1 fully saturated rings. The molecule has 1 aromatic carbocycles. The van der Waals surface area contributed by atoms with Crippen LogP contribution < -0.4 is 10.2 Å². The Morgan fingerprint density at radius 1 is 1.31 bits per heavy atom. The zero-order valence-corrected chi connectivity index (χ0v) is 15.0. The number of morpholine rings is 1. The second-order valence-electron chi connectivity index (χ2n) is 5.81. The summed E-state index contributed by atoms with van der Waals surface area (Å²) in [5.41, 5.74) is 1.26. The van der Waals surface area contributed by atoms with Gasteiger partial charge in [0, 0.05) is 35.9 Å². The Kier molecular flexibility index (Phi) is 5.61. The van der Waals surface area contributed by atoms with Crippen LogP contribution in [0.25, 0.3) is 6.08 Å². The number of furan rings is 1. The van der Waals surface area contributed by atoms with Crippen molar-refractivity contribution in [3.05, 3.63) is 52.3 Å². The fourth-order valence-corrected chi connectivity index (χ4v) is 2.77. The summed E-state index contributed by atoms with van der Waals surface area (Å²) in [6.07, 6.45) is 1.43. The number of hydrogen-bond acceptors (Lipinski definition) is 5. The first-order chi connectivity index (χ1) is 12.6. The first kappa shape index (κ1) is 18.1. The van der Waals surface area contributed by atoms with Gasteiger partial charge in [-0.3, -0.25) is 4.79 Å². The molecule has 0 bridgehead atoms. The number of rotatable bonds is 4. The summed E-state index contributed by atoms with van der Waals surface area (Å²) >= 11 is 6.06. The van der Waals surface area contributed by atoms with Gasteiger partial charge in [-0.15, -0.1) is 0 Å². The minimum Gasteiger partial charge on any atom is -0.441 e. The maximum atomic E-state index is 12.4. The predicted molar refractivity (Wildman–Crippen MR) is 100 cm³/mol. The highest BCUT2D eigenvalue weighted by Gasteiger charge is 2.16. The zero-order valence-electron chi connectivity index (χ0n) is 14.3. The van der Waals surface area contributed by atoms with Crippen LogP contribution in [-0.4, -0.2) is 32.2 Å². The Morgan fingerprint density at radius 3 is 2.81 bits per heavy atom. The van der Waals surface area contributed by atoms with E-state index in [0.29, 0.717) is 35.6 Å². The third-order valence-corrected chi connectivity index (χ3v) is 4.51. The summed E-state index contributed by atoms with van der Waals surface area (Å²) in [4.78, 5) is 14.5. The van der Waals surface area contributed by atoms with E-state index in [4.69, 9.17) is 20.8 Å². The van der Waals surface area contributed by atoms with Crippen molar-refractivity contribution in [2.24, 2.45) is 0 Å². The van der Waals surface area contributed by atoms with Crippen LogP contribution in [0.4, 0.5) is 11.6 Å². The van der Waals surface area contributed by atoms with Crippen molar-refractivity contribution in [2.75, 3.05) is 36.5 Å². The highest BCUT2D eigenvalue weighted by atomic mass is 35.5. The van der Waals surface area contributed by atoms with E-state index in [1.54, 1.807) is 31.2 Å². The maximum absolute atomic E-state index is 12.4. The van der Waals surface area contributed by atoms with Gasteiger partial charge in [-0.1, -0.05) is 17.7 Å². The van der Waals surface area contributed by atoms with Crippen molar-refractivity contribution in [2.45, 2.75) is 6.92 Å². The summed E-state index contributed by atoms with van der Waals surface area (Å²) in [7, 11) is 0. The number of benzene rings is 1. The van der Waals surface area contributed by atoms with Crippen LogP contribution in [-0.2, 0) is 9.53 Å². The Balaban J connectivity index is 1.75. The van der Waals surface area contributed by atoms with Gasteiger partial charge in [0.25, 0.3) is 5.91 Å². The number of nitrogens with zero attached hydrogens (tertiary/aromatic N) is 2. The number of halogens is 1. The summed E-state index contributed by atoms with van der Waals surface area (Å²) < 4.78 is 11.1. The number of nitriles is 1. The van der Waals surface area contributed by atoms with Gasteiger partial charge in [0.15, 0.2) is 5.88 Å². The number of hydrogen-bond donors (Lipinski definition) is 1. The first-order valence-corrected chi connectivity index (χ1v) is 8.57. The van der Waals surface area contributed by atoms with E-state index in [-0.39, 0.29) is 5.57 Å². The second-order valence-corrected chi connectivity index (χ2v) is 6.22. The Morgan fingerprint density at radius 2 is 2.08 bits per heavy atom. The van der Waals surface area contributed by atoms with E-state index in [2.05, 4.69) is 10.2 Å². The molecule has 2 aromatic rings. The van der Waals surface area contributed by atoms with Crippen LogP contribution in [0.5, 0.6) is 0 Å². The van der Waals surface area contributed by atoms with Gasteiger partial charge in [-0.2, -0.15) is 5.26 Å². The van der Waals surface area contributed by atoms with E-state index in [1.165, 1.54) is 6.08 Å². The molecule has 0 spiro atoms. The van der Waals surface area contributed by atoms with Crippen molar-refractivity contribution in [1.29, 1.82) is 5.26 Å². The number of anilines is 2. The summed E-state index contributed by atoms with van der Waals surface area (Å²) in [6, 6.07) is 10.7. The summed E-state index contributed by atoms with van der Waals surface area (Å²) in [5, 5.41) is 12.6. The molecule has 26 heavy (non-hydrogen) atoms. The van der Waals surface area contributed by atoms with Crippen LogP contribution in [0.1, 0.15) is 11.3 Å². The molecular formula is C19H18ClN3O3. The fourth-order valence-electron chi connectivity index (χ4n) is 2.60. The molecule has 0 atom stereocenters. The minimum atomic E-state index is -0.512. The number of ether oxygens (including phenoxy) is 1. The normalized spacial score (nSPS) is 14.8. The molecule has 3 rings (SSSR count). The molecule has 1 amide bonds. The Labute approximate surface area is 156 Å². The van der Waals surface area contributed by atoms with Crippen LogP contribution in [0.15, 0.2) is 40.3 Å². The van der Waals surface area contributed by atoms with Gasteiger partial charge >= 0.3 is 0 Å². The third kappa shape index (κ3) is 4.07. The lowest BCUT2D eigenvalue weighted by atomic mass is 10.1. The molecule has 134 valence electrons. The van der Waals surface area contributed by atoms with Crippen LogP contribution in [0.2, 0.25) is 5.02 Å². The number of carbonyl (C=O) groups is 1. The lowest BCUT2D eigenvalue weighted by molar-refractivity contribution is -0.112. The highest BCUT2D eigenvalue weighted by molar-refractivity contribution is 6.31. The fraction of sp³-hybridized carbons (Fsp3) is 0.263. The lowest BCUT2D eigenvalue weighted by Gasteiger charge is -2.26. The van der Waals surface area contributed by atoms with Crippen LogP contribution in [0.3, 0.4) is 0 Å². The molecule has 1 aliphatic heterocycles. The molecule has 6 nitrogen and oxygen atoms in total. The second kappa shape index (κ2) is 8.09. The molecule has 2 heterocycles. The van der Waals surface area contributed by atoms with Crippen LogP contribution in [0, 0.1) is 18.3 Å². The molecule has 1 aromatic heterocycles. The van der Waals surface area contributed by atoms with Crippen molar-refractivity contribution < 1.29 is 13.9 Å². The first-order valence-electron chi connectivity index (χ1n) is 8.19. The molecule has 7 heteroatoms. The third-order valence-electron chi connectivity index (χ3n) is 4.10. The largest absolute Gasteiger partial charge is 0.441 e. The van der Waals surface area contributed by atoms with Crippen molar-refractivity contribution in [3.8, 4) is 6.07 Å². The van der Waals surface area contributed by atoms with Gasteiger partial charge in [0.1, 0.15) is 17.4 Å². The molecular weight excluding hydrogens is 354 g/mol. The predicted octanol–water partition coefficient (Wildman–Crippen LogP) is 3.62. The monoisotopic (exact) mass is 371 g/mol. The minimum absolute atomic E-state index is 0.0488. The molecule has 0 aliphatic carbocycles. The lowest BCUT2D eigenvalue weighted by Crippen LogP contribution is -2.35. The quantitative estimate of drug-likeness (QED) is 0.656. The highest BCUT2D eigenvalue weighted by Crippen LogP contribution is 2.24. The van der Waals surface area contributed by atoms with E-state index >= 15 is 0 Å². The van der Waals surface area contributed by atoms with Crippen molar-refractivity contribution in [1.82, 2.24) is 0 Å². The molecule has 1 saturated heterocycles. The van der Waals surface area contributed by atoms with E-state index in [0.717, 1.165) is 18.7 Å². The Bertz CT molecular complexity index is 876. The molecule has 0 radical (unpaired) electrons. The maximum Gasteiger partial charge on any atom is 0.266 e. The zero-order chi connectivity index (χ0) is 18.5. The van der Waals surface area contributed by atoms with Crippen molar-refractivity contribution >= 4 is 35.2 Å². The average molecular weight is 372 g/mol.